The second kappa shape index (κ2) is 5.76. The van der Waals surface area contributed by atoms with Gasteiger partial charge in [0.25, 0.3) is 10.0 Å². The summed E-state index contributed by atoms with van der Waals surface area (Å²) in [5.74, 6) is -2.03. The number of nitrogens with one attached hydrogen (secondary N) is 1. The SMILES string of the molecule is Cc1ccc(S(=O)(=O)Nc2ccc(C)c(C(=O)O)c2)c(F)c1. The first-order valence-electron chi connectivity index (χ1n) is 6.33. The van der Waals surface area contributed by atoms with Gasteiger partial charge in [-0.15, -0.1) is 0 Å². The minimum Gasteiger partial charge on any atom is -0.478 e. The van der Waals surface area contributed by atoms with E-state index >= 15 is 0 Å². The Kier molecular flexibility index (Phi) is 4.18. The van der Waals surface area contributed by atoms with E-state index in [9.17, 15) is 17.6 Å². The number of rotatable bonds is 4. The number of anilines is 1. The van der Waals surface area contributed by atoms with Gasteiger partial charge in [0.2, 0.25) is 0 Å². The van der Waals surface area contributed by atoms with Gasteiger partial charge in [-0.3, -0.25) is 4.72 Å². The quantitative estimate of drug-likeness (QED) is 0.906. The summed E-state index contributed by atoms with van der Waals surface area (Å²) in [5.41, 5.74) is 1.13. The van der Waals surface area contributed by atoms with Crippen molar-refractivity contribution in [2.75, 3.05) is 4.72 Å². The molecule has 0 atom stereocenters. The Hall–Kier alpha value is -2.41. The molecule has 0 aromatic heterocycles. The number of hydrogen-bond acceptors (Lipinski definition) is 3. The van der Waals surface area contributed by atoms with Crippen LogP contribution in [-0.4, -0.2) is 19.5 Å². The highest BCUT2D eigenvalue weighted by Gasteiger charge is 2.20. The number of sulfonamides is 1. The third kappa shape index (κ3) is 3.25. The van der Waals surface area contributed by atoms with Gasteiger partial charge in [0.15, 0.2) is 0 Å². The Morgan fingerprint density at radius 3 is 2.41 bits per heavy atom. The van der Waals surface area contributed by atoms with Gasteiger partial charge in [-0.2, -0.15) is 0 Å². The van der Waals surface area contributed by atoms with Gasteiger partial charge in [0.1, 0.15) is 10.7 Å². The number of benzene rings is 2. The lowest BCUT2D eigenvalue weighted by atomic mass is 10.1. The first-order chi connectivity index (χ1) is 10.2. The van der Waals surface area contributed by atoms with Crippen LogP contribution in [0.2, 0.25) is 0 Å². The number of carbonyl (C=O) groups is 1. The van der Waals surface area contributed by atoms with E-state index in [-0.39, 0.29) is 11.3 Å². The van der Waals surface area contributed by atoms with Crippen LogP contribution in [0.3, 0.4) is 0 Å². The number of aryl methyl sites for hydroxylation is 2. The molecule has 2 aromatic rings. The molecule has 22 heavy (non-hydrogen) atoms. The molecular weight excluding hydrogens is 309 g/mol. The number of halogens is 1. The van der Waals surface area contributed by atoms with Crippen molar-refractivity contribution in [2.24, 2.45) is 0 Å². The average Bonchev–Trinajstić information content (AvgIpc) is 2.39. The number of carboxylic acids is 1. The topological polar surface area (TPSA) is 83.5 Å². The zero-order valence-electron chi connectivity index (χ0n) is 11.9. The minimum atomic E-state index is -4.13. The van der Waals surface area contributed by atoms with E-state index < -0.39 is 26.7 Å². The number of aromatic carboxylic acids is 1. The summed E-state index contributed by atoms with van der Waals surface area (Å²) < 4.78 is 40.4. The monoisotopic (exact) mass is 323 g/mol. The summed E-state index contributed by atoms with van der Waals surface area (Å²) >= 11 is 0. The first-order valence-corrected chi connectivity index (χ1v) is 7.82. The zero-order chi connectivity index (χ0) is 16.5. The Balaban J connectivity index is 2.41. The molecule has 2 aromatic carbocycles. The highest BCUT2D eigenvalue weighted by molar-refractivity contribution is 7.92. The predicted octanol–water partition coefficient (Wildman–Crippen LogP) is 2.94. The summed E-state index contributed by atoms with van der Waals surface area (Å²) in [4.78, 5) is 10.6. The fourth-order valence-electron chi connectivity index (χ4n) is 1.95. The fourth-order valence-corrected chi connectivity index (χ4v) is 3.06. The predicted molar refractivity (Wildman–Crippen MR) is 80.1 cm³/mol. The number of hydrogen-bond donors (Lipinski definition) is 2. The van der Waals surface area contributed by atoms with Crippen molar-refractivity contribution in [3.8, 4) is 0 Å². The van der Waals surface area contributed by atoms with E-state index in [1.807, 2.05) is 0 Å². The molecule has 0 fully saturated rings. The molecule has 5 nitrogen and oxygen atoms in total. The molecule has 0 spiro atoms. The lowest BCUT2D eigenvalue weighted by Gasteiger charge is -2.11. The van der Waals surface area contributed by atoms with Gasteiger partial charge >= 0.3 is 5.97 Å². The molecule has 0 aliphatic heterocycles. The zero-order valence-corrected chi connectivity index (χ0v) is 12.7. The Bertz CT molecular complexity index is 847. The molecular formula is C15H14FNO4S. The normalized spacial score (nSPS) is 11.2. The maximum Gasteiger partial charge on any atom is 0.336 e. The van der Waals surface area contributed by atoms with Crippen LogP contribution in [0.4, 0.5) is 10.1 Å². The van der Waals surface area contributed by atoms with Crippen LogP contribution in [0.15, 0.2) is 41.3 Å². The lowest BCUT2D eigenvalue weighted by Crippen LogP contribution is -2.15. The Morgan fingerprint density at radius 2 is 1.82 bits per heavy atom. The standard InChI is InChI=1S/C15H14FNO4S/c1-9-3-6-14(13(16)7-9)22(20,21)17-11-5-4-10(2)12(8-11)15(18)19/h3-8,17H,1-2H3,(H,18,19). The molecule has 0 unspecified atom stereocenters. The van der Waals surface area contributed by atoms with Gasteiger partial charge in [-0.05, 0) is 49.2 Å². The van der Waals surface area contributed by atoms with Gasteiger partial charge in [0, 0.05) is 5.69 Å². The van der Waals surface area contributed by atoms with E-state index in [1.165, 1.54) is 30.3 Å². The summed E-state index contributed by atoms with van der Waals surface area (Å²) in [6.07, 6.45) is 0. The van der Waals surface area contributed by atoms with Gasteiger partial charge in [0.05, 0.1) is 5.56 Å². The second-order valence-electron chi connectivity index (χ2n) is 4.87. The van der Waals surface area contributed by atoms with Crippen molar-refractivity contribution in [2.45, 2.75) is 18.7 Å². The molecule has 0 radical (unpaired) electrons. The molecule has 0 bridgehead atoms. The highest BCUT2D eigenvalue weighted by Crippen LogP contribution is 2.21. The largest absolute Gasteiger partial charge is 0.478 e. The minimum absolute atomic E-state index is 0.0235. The van der Waals surface area contributed by atoms with Gasteiger partial charge < -0.3 is 5.11 Å². The molecule has 2 rings (SSSR count). The van der Waals surface area contributed by atoms with Gasteiger partial charge in [-0.25, -0.2) is 17.6 Å². The van der Waals surface area contributed by atoms with Crippen LogP contribution in [0, 0.1) is 19.7 Å². The summed E-state index contributed by atoms with van der Waals surface area (Å²) in [6, 6.07) is 7.86. The van der Waals surface area contributed by atoms with Crippen LogP contribution in [0.25, 0.3) is 0 Å². The maximum atomic E-state index is 13.8. The molecule has 0 aliphatic rings. The van der Waals surface area contributed by atoms with Crippen LogP contribution >= 0.6 is 0 Å². The Labute approximate surface area is 127 Å². The first kappa shape index (κ1) is 16.0. The van der Waals surface area contributed by atoms with Crippen LogP contribution < -0.4 is 4.72 Å². The Morgan fingerprint density at radius 1 is 1.14 bits per heavy atom. The van der Waals surface area contributed by atoms with Crippen molar-refractivity contribution in [3.05, 3.63) is 58.9 Å². The van der Waals surface area contributed by atoms with Crippen molar-refractivity contribution in [3.63, 3.8) is 0 Å². The van der Waals surface area contributed by atoms with E-state index in [1.54, 1.807) is 13.8 Å². The molecule has 0 amide bonds. The molecule has 0 saturated heterocycles. The van der Waals surface area contributed by atoms with Crippen molar-refractivity contribution in [1.29, 1.82) is 0 Å². The summed E-state index contributed by atoms with van der Waals surface area (Å²) in [7, 11) is -4.13. The smallest absolute Gasteiger partial charge is 0.336 e. The van der Waals surface area contributed by atoms with Crippen LogP contribution in [-0.2, 0) is 10.0 Å². The van der Waals surface area contributed by atoms with E-state index in [0.717, 1.165) is 6.07 Å². The third-order valence-corrected chi connectivity index (χ3v) is 4.51. The molecule has 0 saturated carbocycles. The molecule has 0 aliphatic carbocycles. The van der Waals surface area contributed by atoms with Crippen molar-refractivity contribution in [1.82, 2.24) is 0 Å². The van der Waals surface area contributed by atoms with E-state index in [0.29, 0.717) is 11.1 Å². The molecule has 0 heterocycles. The summed E-state index contributed by atoms with van der Waals surface area (Å²) in [5, 5.41) is 9.04. The van der Waals surface area contributed by atoms with Crippen LogP contribution in [0.5, 0.6) is 0 Å². The molecule has 116 valence electrons. The average molecular weight is 323 g/mol. The summed E-state index contributed by atoms with van der Waals surface area (Å²) in [6.45, 7) is 3.24. The van der Waals surface area contributed by atoms with Crippen molar-refractivity contribution >= 4 is 21.7 Å². The van der Waals surface area contributed by atoms with E-state index in [2.05, 4.69) is 4.72 Å². The van der Waals surface area contributed by atoms with Crippen molar-refractivity contribution < 1.29 is 22.7 Å². The lowest BCUT2D eigenvalue weighted by molar-refractivity contribution is 0.0696. The second-order valence-corrected chi connectivity index (χ2v) is 6.53. The molecule has 2 N–H and O–H groups in total. The van der Waals surface area contributed by atoms with E-state index in [4.69, 9.17) is 5.11 Å². The maximum absolute atomic E-state index is 13.8. The fraction of sp³-hybridized carbons (Fsp3) is 0.133. The highest BCUT2D eigenvalue weighted by atomic mass is 32.2. The molecule has 7 heteroatoms. The third-order valence-electron chi connectivity index (χ3n) is 3.10. The number of carboxylic acid groups (broad SMARTS) is 1. The van der Waals surface area contributed by atoms with Crippen LogP contribution in [0.1, 0.15) is 21.5 Å². The van der Waals surface area contributed by atoms with Gasteiger partial charge in [-0.1, -0.05) is 12.1 Å².